The quantitative estimate of drug-likeness (QED) is 0.0943. The summed E-state index contributed by atoms with van der Waals surface area (Å²) in [6, 6.07) is 84.6. The molecule has 70 heavy (non-hydrogen) atoms. The highest BCUT2D eigenvalue weighted by molar-refractivity contribution is 6.25. The van der Waals surface area contributed by atoms with Gasteiger partial charge in [-0.3, -0.25) is 0 Å². The van der Waals surface area contributed by atoms with Crippen molar-refractivity contribution in [2.24, 2.45) is 0 Å². The van der Waals surface area contributed by atoms with Crippen LogP contribution in [0.3, 0.4) is 0 Å². The average molecular weight is 899 g/mol. The normalized spacial score (nSPS) is 11.6. The monoisotopic (exact) mass is 898 g/mol. The Bertz CT molecular complexity index is 3640. The van der Waals surface area contributed by atoms with Gasteiger partial charge in [-0.1, -0.05) is 222 Å². The van der Waals surface area contributed by atoms with Crippen molar-refractivity contribution < 1.29 is 0 Å². The minimum Gasteiger partial charge on any atom is -0.310 e. The number of aryl methyl sites for hydroxylation is 4. The number of nitrogens with zero attached hydrogens (tertiary/aromatic N) is 2. The summed E-state index contributed by atoms with van der Waals surface area (Å²) in [6.07, 6.45) is 8.76. The molecule has 11 rings (SSSR count). The molecular weight excluding hydrogens is 845 g/mol. The Labute approximate surface area is 412 Å². The zero-order chi connectivity index (χ0) is 47.6. The highest BCUT2D eigenvalue weighted by Crippen LogP contribution is 2.50. The minimum absolute atomic E-state index is 1.10. The third-order valence-corrected chi connectivity index (χ3v) is 13.5. The van der Waals surface area contributed by atoms with Gasteiger partial charge in [-0.2, -0.15) is 0 Å². The molecule has 0 spiro atoms. The van der Waals surface area contributed by atoms with Gasteiger partial charge in [0.2, 0.25) is 0 Å². The van der Waals surface area contributed by atoms with Gasteiger partial charge in [0.25, 0.3) is 0 Å². The van der Waals surface area contributed by atoms with Crippen molar-refractivity contribution in [2.75, 3.05) is 9.80 Å². The van der Waals surface area contributed by atoms with E-state index in [0.717, 1.165) is 45.3 Å². The summed E-state index contributed by atoms with van der Waals surface area (Å²) in [7, 11) is 0. The summed E-state index contributed by atoms with van der Waals surface area (Å²) >= 11 is 0. The molecule has 0 amide bonds. The molecule has 0 atom stereocenters. The van der Waals surface area contributed by atoms with Crippen LogP contribution in [0.5, 0.6) is 0 Å². The first-order valence-electron chi connectivity index (χ1n) is 24.2. The van der Waals surface area contributed by atoms with Crippen LogP contribution in [0.25, 0.3) is 67.7 Å². The zero-order valence-electron chi connectivity index (χ0n) is 40.1. The van der Waals surface area contributed by atoms with Crippen LogP contribution in [0.15, 0.2) is 231 Å². The van der Waals surface area contributed by atoms with Gasteiger partial charge in [0.05, 0.1) is 11.4 Å². The molecule has 2 nitrogen and oxygen atoms in total. The third kappa shape index (κ3) is 8.80. The van der Waals surface area contributed by atoms with Crippen molar-refractivity contribution in [3.05, 3.63) is 275 Å². The van der Waals surface area contributed by atoms with Gasteiger partial charge in [0, 0.05) is 38.9 Å². The Hall–Kier alpha value is -8.72. The van der Waals surface area contributed by atoms with Crippen molar-refractivity contribution >= 4 is 90.7 Å². The standard InChI is InChI=1S/C68H54N2/c1-47-17-25-51(26-18-47)29-31-53-33-41-56(42-34-53)69(55-37-21-49(3)22-38-55)66-46-45-63(59-11-5-6-12-60(59)66)67-61-13-7-9-15-64(61)68(65-16-10-8-14-62(65)67)70(57-39-23-50(4)24-40-57)58-43-35-54(36-44-58)32-30-52-27-19-48(2)20-28-52/h5-46H,1-4H3. The zero-order valence-corrected chi connectivity index (χ0v) is 40.1. The van der Waals surface area contributed by atoms with Gasteiger partial charge >= 0.3 is 0 Å². The first kappa shape index (κ1) is 43.8. The molecule has 0 heterocycles. The van der Waals surface area contributed by atoms with Crippen LogP contribution in [0.1, 0.15) is 44.5 Å². The van der Waals surface area contributed by atoms with E-state index in [4.69, 9.17) is 0 Å². The summed E-state index contributed by atoms with van der Waals surface area (Å²) in [5.41, 5.74) is 18.8. The second kappa shape index (κ2) is 19.1. The molecule has 0 saturated carbocycles. The fourth-order valence-electron chi connectivity index (χ4n) is 9.76. The number of hydrogen-bond acceptors (Lipinski definition) is 2. The molecule has 11 aromatic rings. The van der Waals surface area contributed by atoms with Gasteiger partial charge in [-0.05, 0) is 132 Å². The van der Waals surface area contributed by atoms with Crippen LogP contribution in [-0.2, 0) is 0 Å². The maximum Gasteiger partial charge on any atom is 0.0618 e. The van der Waals surface area contributed by atoms with Crippen LogP contribution >= 0.6 is 0 Å². The van der Waals surface area contributed by atoms with Gasteiger partial charge in [-0.15, -0.1) is 0 Å². The molecule has 0 unspecified atom stereocenters. The van der Waals surface area contributed by atoms with Crippen molar-refractivity contribution in [3.8, 4) is 11.1 Å². The van der Waals surface area contributed by atoms with Crippen molar-refractivity contribution in [2.45, 2.75) is 27.7 Å². The molecule has 0 bridgehead atoms. The van der Waals surface area contributed by atoms with E-state index in [1.165, 1.54) is 76.8 Å². The number of hydrogen-bond donors (Lipinski definition) is 0. The molecule has 2 heteroatoms. The second-order valence-corrected chi connectivity index (χ2v) is 18.5. The fourth-order valence-corrected chi connectivity index (χ4v) is 9.76. The van der Waals surface area contributed by atoms with Crippen molar-refractivity contribution in [3.63, 3.8) is 0 Å². The second-order valence-electron chi connectivity index (χ2n) is 18.5. The minimum atomic E-state index is 1.10. The predicted molar refractivity (Wildman–Crippen MR) is 303 cm³/mol. The van der Waals surface area contributed by atoms with Crippen LogP contribution < -0.4 is 9.80 Å². The van der Waals surface area contributed by atoms with E-state index in [0.29, 0.717) is 0 Å². The summed E-state index contributed by atoms with van der Waals surface area (Å²) in [5, 5.41) is 7.15. The number of anilines is 6. The Morgan fingerprint density at radius 3 is 0.957 bits per heavy atom. The average Bonchev–Trinajstić information content (AvgIpc) is 3.40. The maximum absolute atomic E-state index is 2.45. The molecule has 0 aliphatic rings. The molecule has 0 radical (unpaired) electrons. The van der Waals surface area contributed by atoms with E-state index >= 15 is 0 Å². The summed E-state index contributed by atoms with van der Waals surface area (Å²) in [6.45, 7) is 8.55. The topological polar surface area (TPSA) is 6.48 Å². The predicted octanol–water partition coefficient (Wildman–Crippen LogP) is 19.3. The van der Waals surface area contributed by atoms with Gasteiger partial charge in [0.1, 0.15) is 0 Å². The van der Waals surface area contributed by atoms with E-state index in [2.05, 4.69) is 292 Å². The number of rotatable bonds is 11. The van der Waals surface area contributed by atoms with Gasteiger partial charge in [0.15, 0.2) is 0 Å². The first-order valence-corrected chi connectivity index (χ1v) is 24.2. The first-order chi connectivity index (χ1) is 34.3. The summed E-state index contributed by atoms with van der Waals surface area (Å²) in [5.74, 6) is 0. The van der Waals surface area contributed by atoms with Crippen LogP contribution in [0, 0.1) is 27.7 Å². The van der Waals surface area contributed by atoms with E-state index in [-0.39, 0.29) is 0 Å². The summed E-state index contributed by atoms with van der Waals surface area (Å²) < 4.78 is 0. The fraction of sp³-hybridized carbons (Fsp3) is 0.0588. The SMILES string of the molecule is Cc1ccc(C=Cc2ccc(N(c3ccc(C)cc3)c3ccc(-c4c5ccccc5c(N(c5ccc(C)cc5)c5ccc(C=Cc6ccc(C)cc6)cc5)c5ccccc45)c4ccccc34)cc2)cc1. The van der Waals surface area contributed by atoms with E-state index in [1.54, 1.807) is 0 Å². The number of benzene rings is 11. The molecule has 0 aliphatic heterocycles. The van der Waals surface area contributed by atoms with Crippen molar-refractivity contribution in [1.82, 2.24) is 0 Å². The van der Waals surface area contributed by atoms with Crippen LogP contribution in [0.4, 0.5) is 34.1 Å². The molecule has 0 fully saturated rings. The van der Waals surface area contributed by atoms with E-state index in [9.17, 15) is 0 Å². The summed E-state index contributed by atoms with van der Waals surface area (Å²) in [4.78, 5) is 4.85. The lowest BCUT2D eigenvalue weighted by Gasteiger charge is -2.30. The molecule has 0 aliphatic carbocycles. The van der Waals surface area contributed by atoms with Gasteiger partial charge in [-0.25, -0.2) is 0 Å². The highest BCUT2D eigenvalue weighted by Gasteiger charge is 2.24. The molecule has 0 aromatic heterocycles. The van der Waals surface area contributed by atoms with Crippen LogP contribution in [0.2, 0.25) is 0 Å². The number of fused-ring (bicyclic) bond motifs is 3. The molecule has 11 aromatic carbocycles. The molecule has 0 N–H and O–H groups in total. The Balaban J connectivity index is 1.06. The van der Waals surface area contributed by atoms with E-state index < -0.39 is 0 Å². The highest BCUT2D eigenvalue weighted by atomic mass is 15.1. The molecule has 336 valence electrons. The largest absolute Gasteiger partial charge is 0.310 e. The third-order valence-electron chi connectivity index (χ3n) is 13.5. The molecular formula is C68H54N2. The van der Waals surface area contributed by atoms with Crippen molar-refractivity contribution in [1.29, 1.82) is 0 Å². The smallest absolute Gasteiger partial charge is 0.0618 e. The van der Waals surface area contributed by atoms with Gasteiger partial charge < -0.3 is 9.80 Å². The lowest BCUT2D eigenvalue weighted by molar-refractivity contribution is 1.29. The lowest BCUT2D eigenvalue weighted by Crippen LogP contribution is -2.12. The van der Waals surface area contributed by atoms with Crippen LogP contribution in [-0.4, -0.2) is 0 Å². The maximum atomic E-state index is 2.45. The Morgan fingerprint density at radius 1 is 0.257 bits per heavy atom. The Morgan fingerprint density at radius 2 is 0.557 bits per heavy atom. The lowest BCUT2D eigenvalue weighted by atomic mass is 9.87. The van der Waals surface area contributed by atoms with E-state index in [1.807, 2.05) is 0 Å². The molecule has 0 saturated heterocycles. The Kier molecular flexibility index (Phi) is 12.0.